The van der Waals surface area contributed by atoms with E-state index in [9.17, 15) is 22.4 Å². The first-order chi connectivity index (χ1) is 16.9. The van der Waals surface area contributed by atoms with Gasteiger partial charge in [-0.2, -0.15) is 4.99 Å². The van der Waals surface area contributed by atoms with E-state index in [4.69, 9.17) is 4.74 Å². The van der Waals surface area contributed by atoms with E-state index in [1.165, 1.54) is 23.1 Å². The lowest BCUT2D eigenvalue weighted by atomic mass is 10.1. The largest absolute Gasteiger partial charge is 0.444 e. The molecule has 0 spiro atoms. The molecule has 0 bridgehead atoms. The second-order valence-corrected chi connectivity index (χ2v) is 13.1. The lowest BCUT2D eigenvalue weighted by Crippen LogP contribution is -2.45. The van der Waals surface area contributed by atoms with Gasteiger partial charge < -0.3 is 15.0 Å². The molecule has 2 heterocycles. The summed E-state index contributed by atoms with van der Waals surface area (Å²) in [4.78, 5) is 31.7. The van der Waals surface area contributed by atoms with Crippen molar-refractivity contribution < 1.29 is 27.1 Å². The molecule has 4 rings (SSSR count). The van der Waals surface area contributed by atoms with Gasteiger partial charge in [0.05, 0.1) is 23.2 Å². The number of amidine groups is 1. The summed E-state index contributed by atoms with van der Waals surface area (Å²) in [7, 11) is -3.30. The fourth-order valence-corrected chi connectivity index (χ4v) is 8.08. The minimum absolute atomic E-state index is 0.0793. The van der Waals surface area contributed by atoms with Crippen molar-refractivity contribution in [2.24, 2.45) is 4.99 Å². The summed E-state index contributed by atoms with van der Waals surface area (Å²) in [5.41, 5.74) is 0.198. The van der Waals surface area contributed by atoms with Crippen molar-refractivity contribution in [2.45, 2.75) is 50.1 Å². The Morgan fingerprint density at radius 3 is 2.47 bits per heavy atom. The molecule has 0 aromatic heterocycles. The quantitative estimate of drug-likeness (QED) is 0.627. The smallest absolute Gasteiger partial charge is 0.408 e. The maximum absolute atomic E-state index is 14.8. The van der Waals surface area contributed by atoms with Crippen molar-refractivity contribution in [3.8, 4) is 0 Å². The molecule has 2 amide bonds. The van der Waals surface area contributed by atoms with Crippen LogP contribution in [0.4, 0.5) is 14.9 Å². The molecule has 1 N–H and O–H groups in total. The number of carbonyl (C=O) groups excluding carboxylic acids is 2. The van der Waals surface area contributed by atoms with E-state index in [-0.39, 0.29) is 34.0 Å². The van der Waals surface area contributed by atoms with Crippen molar-refractivity contribution in [3.05, 3.63) is 66.0 Å². The Morgan fingerprint density at radius 2 is 1.81 bits per heavy atom. The van der Waals surface area contributed by atoms with Gasteiger partial charge in [0, 0.05) is 11.7 Å². The van der Waals surface area contributed by atoms with Gasteiger partial charge in [-0.25, -0.2) is 17.6 Å². The number of thioether (sulfide) groups is 1. The monoisotopic (exact) mass is 533 g/mol. The number of para-hydroxylation sites is 1. The van der Waals surface area contributed by atoms with Crippen LogP contribution in [0.1, 0.15) is 26.3 Å². The zero-order chi connectivity index (χ0) is 26.1. The molecule has 11 heteroatoms. The number of halogens is 1. The van der Waals surface area contributed by atoms with Crippen LogP contribution in [0.5, 0.6) is 0 Å². The number of alkyl carbamates (subject to hydrolysis) is 1. The molecule has 2 aromatic rings. The van der Waals surface area contributed by atoms with Gasteiger partial charge in [0.1, 0.15) is 17.5 Å². The molecule has 2 fully saturated rings. The summed E-state index contributed by atoms with van der Waals surface area (Å²) in [6.45, 7) is 5.15. The number of anilines is 1. The van der Waals surface area contributed by atoms with Crippen LogP contribution >= 0.6 is 11.8 Å². The van der Waals surface area contributed by atoms with Crippen molar-refractivity contribution >= 4 is 44.5 Å². The number of rotatable bonds is 5. The van der Waals surface area contributed by atoms with E-state index >= 15 is 0 Å². The number of ether oxygens (including phenoxy) is 1. The molecular formula is C25H28FN3O5S2. The first kappa shape index (κ1) is 26.2. The van der Waals surface area contributed by atoms with E-state index in [2.05, 4.69) is 10.3 Å². The average Bonchev–Trinajstić information content (AvgIpc) is 3.24. The predicted molar refractivity (Wildman–Crippen MR) is 138 cm³/mol. The number of fused-ring (bicyclic) bond motifs is 1. The summed E-state index contributed by atoms with van der Waals surface area (Å²) >= 11 is 1.14. The zero-order valence-corrected chi connectivity index (χ0v) is 21.8. The van der Waals surface area contributed by atoms with Crippen LogP contribution in [0.3, 0.4) is 0 Å². The van der Waals surface area contributed by atoms with Gasteiger partial charge in [-0.05, 0) is 38.5 Å². The maximum atomic E-state index is 14.8. The summed E-state index contributed by atoms with van der Waals surface area (Å²) in [6, 6.07) is 13.5. The van der Waals surface area contributed by atoms with E-state index < -0.39 is 45.3 Å². The highest BCUT2D eigenvalue weighted by Gasteiger charge is 2.50. The van der Waals surface area contributed by atoms with Crippen LogP contribution in [0.25, 0.3) is 0 Å². The highest BCUT2D eigenvalue weighted by Crippen LogP contribution is 2.41. The number of sulfone groups is 1. The fraction of sp³-hybridized carbons (Fsp3) is 0.400. The Morgan fingerprint density at radius 1 is 1.14 bits per heavy atom. The van der Waals surface area contributed by atoms with Crippen LogP contribution in [-0.2, 0) is 25.8 Å². The van der Waals surface area contributed by atoms with Crippen LogP contribution in [0, 0.1) is 5.82 Å². The standard InChI is InChI=1S/C25H28FN3O5S2/c1-25(2,3)34-24(31)27-18(13-16-9-5-4-6-10-16)22(30)28-23-29(19-12-8-7-11-17(19)26)20-14-36(32,33)15-21(20)35-23/h4-12,18,20-21H,13-15H2,1-3H3,(H,27,31)/t18-,20+,21-/m1/s1. The molecular weight excluding hydrogens is 505 g/mol. The third-order valence-electron chi connectivity index (χ3n) is 5.66. The van der Waals surface area contributed by atoms with Gasteiger partial charge in [0.2, 0.25) is 0 Å². The summed E-state index contributed by atoms with van der Waals surface area (Å²) in [5, 5.41) is 2.44. The number of hydrogen-bond donors (Lipinski definition) is 1. The SMILES string of the molecule is CC(C)(C)OC(=O)N[C@H](Cc1ccccc1)C(=O)N=C1S[C@@H]2CS(=O)(=O)C[C@@H]2N1c1ccccc1F. The molecule has 8 nitrogen and oxygen atoms in total. The summed E-state index contributed by atoms with van der Waals surface area (Å²) in [5.74, 6) is -1.42. The van der Waals surface area contributed by atoms with Gasteiger partial charge in [-0.15, -0.1) is 0 Å². The number of carbonyl (C=O) groups is 2. The van der Waals surface area contributed by atoms with Crippen molar-refractivity contribution in [2.75, 3.05) is 16.4 Å². The van der Waals surface area contributed by atoms with Crippen LogP contribution in [0.15, 0.2) is 59.6 Å². The lowest BCUT2D eigenvalue weighted by Gasteiger charge is -2.25. The number of amides is 2. The second kappa shape index (κ2) is 10.2. The van der Waals surface area contributed by atoms with Gasteiger partial charge in [0.15, 0.2) is 15.0 Å². The van der Waals surface area contributed by atoms with Crippen LogP contribution in [-0.4, -0.2) is 60.0 Å². The van der Waals surface area contributed by atoms with Gasteiger partial charge in [0.25, 0.3) is 5.91 Å². The Bertz CT molecular complexity index is 1280. The first-order valence-corrected chi connectivity index (χ1v) is 14.2. The van der Waals surface area contributed by atoms with E-state index in [0.717, 1.165) is 17.3 Å². The maximum Gasteiger partial charge on any atom is 0.408 e. The Labute approximate surface area is 214 Å². The highest BCUT2D eigenvalue weighted by molar-refractivity contribution is 8.16. The first-order valence-electron chi connectivity index (χ1n) is 11.5. The molecule has 36 heavy (non-hydrogen) atoms. The van der Waals surface area contributed by atoms with Gasteiger partial charge >= 0.3 is 6.09 Å². The number of nitrogens with zero attached hydrogens (tertiary/aromatic N) is 2. The summed E-state index contributed by atoms with van der Waals surface area (Å²) < 4.78 is 44.7. The number of aliphatic imine (C=N–C) groups is 1. The third-order valence-corrected chi connectivity index (χ3v) is 8.87. The molecule has 2 saturated heterocycles. The number of hydrogen-bond acceptors (Lipinski definition) is 6. The minimum Gasteiger partial charge on any atom is -0.444 e. The fourth-order valence-electron chi connectivity index (χ4n) is 4.17. The molecule has 2 aromatic carbocycles. The van der Waals surface area contributed by atoms with E-state index in [0.29, 0.717) is 0 Å². The molecule has 2 aliphatic heterocycles. The van der Waals surface area contributed by atoms with Crippen LogP contribution < -0.4 is 10.2 Å². The zero-order valence-electron chi connectivity index (χ0n) is 20.2. The average molecular weight is 534 g/mol. The van der Waals surface area contributed by atoms with Crippen LogP contribution in [0.2, 0.25) is 0 Å². The highest BCUT2D eigenvalue weighted by atomic mass is 32.2. The number of benzene rings is 2. The molecule has 0 aliphatic carbocycles. The molecule has 0 unspecified atom stereocenters. The van der Waals surface area contributed by atoms with Crippen molar-refractivity contribution in [1.29, 1.82) is 0 Å². The molecule has 192 valence electrons. The lowest BCUT2D eigenvalue weighted by molar-refractivity contribution is -0.119. The Kier molecular flexibility index (Phi) is 7.42. The minimum atomic E-state index is -3.30. The normalized spacial score (nSPS) is 22.8. The van der Waals surface area contributed by atoms with E-state index in [1.54, 1.807) is 26.8 Å². The Hall–Kier alpha value is -2.92. The molecule has 0 saturated carbocycles. The topological polar surface area (TPSA) is 105 Å². The molecule has 3 atom stereocenters. The summed E-state index contributed by atoms with van der Waals surface area (Å²) in [6.07, 6.45) is -0.591. The van der Waals surface area contributed by atoms with Crippen molar-refractivity contribution in [1.82, 2.24) is 5.32 Å². The van der Waals surface area contributed by atoms with Crippen molar-refractivity contribution in [3.63, 3.8) is 0 Å². The van der Waals surface area contributed by atoms with Gasteiger partial charge in [-0.3, -0.25) is 4.79 Å². The van der Waals surface area contributed by atoms with E-state index in [1.807, 2.05) is 30.3 Å². The Balaban J connectivity index is 1.66. The number of nitrogens with one attached hydrogen (secondary N) is 1. The molecule has 2 aliphatic rings. The molecule has 0 radical (unpaired) electrons. The third kappa shape index (κ3) is 6.25. The van der Waals surface area contributed by atoms with Gasteiger partial charge in [-0.1, -0.05) is 54.2 Å². The predicted octanol–water partition coefficient (Wildman–Crippen LogP) is 3.56. The second-order valence-electron chi connectivity index (χ2n) is 9.74.